The van der Waals surface area contributed by atoms with Gasteiger partial charge in [0, 0.05) is 24.2 Å². The van der Waals surface area contributed by atoms with Crippen molar-refractivity contribution in [3.8, 4) is 0 Å². The summed E-state index contributed by atoms with van der Waals surface area (Å²) in [6.45, 7) is 8.55. The number of hydrogen-bond acceptors (Lipinski definition) is 2. The molecule has 16 heavy (non-hydrogen) atoms. The fourth-order valence-electron chi connectivity index (χ4n) is 3.49. The minimum Gasteiger partial charge on any atom is -0.481 e. The number of fused-ring (bicyclic) bond motifs is 1. The molecule has 3 nitrogen and oxygen atoms in total. The number of nitrogens with zero attached hydrogens (tertiary/aromatic N) is 1. The first-order valence-corrected chi connectivity index (χ1v) is 6.00. The highest BCUT2D eigenvalue weighted by Gasteiger charge is 2.51. The van der Waals surface area contributed by atoms with Crippen molar-refractivity contribution < 1.29 is 9.90 Å². The maximum absolute atomic E-state index is 11.1. The Labute approximate surface area is 97.1 Å². The highest BCUT2D eigenvalue weighted by Crippen LogP contribution is 2.52. The molecule has 3 atom stereocenters. The molecule has 3 heteroatoms. The third-order valence-corrected chi connectivity index (χ3v) is 4.76. The zero-order valence-corrected chi connectivity index (χ0v) is 10.4. The number of carboxylic acid groups (broad SMARTS) is 1. The van der Waals surface area contributed by atoms with E-state index in [0.29, 0.717) is 12.0 Å². The van der Waals surface area contributed by atoms with Crippen LogP contribution < -0.4 is 0 Å². The summed E-state index contributed by atoms with van der Waals surface area (Å²) < 4.78 is 0. The monoisotopic (exact) mass is 223 g/mol. The van der Waals surface area contributed by atoms with Crippen LogP contribution in [0.1, 0.15) is 33.1 Å². The molecule has 0 aromatic rings. The van der Waals surface area contributed by atoms with Crippen molar-refractivity contribution in [2.75, 3.05) is 7.05 Å². The molecule has 0 amide bonds. The summed E-state index contributed by atoms with van der Waals surface area (Å²) in [6, 6.07) is 0.498. The summed E-state index contributed by atoms with van der Waals surface area (Å²) in [5, 5.41) is 9.12. The number of rotatable bonds is 1. The number of carboxylic acids is 1. The molecule has 3 unspecified atom stereocenters. The number of allylic oxidation sites excluding steroid dienone is 1. The van der Waals surface area contributed by atoms with Crippen LogP contribution in [0, 0.1) is 17.3 Å². The van der Waals surface area contributed by atoms with Gasteiger partial charge in [-0.2, -0.15) is 0 Å². The van der Waals surface area contributed by atoms with Gasteiger partial charge >= 0.3 is 5.97 Å². The average molecular weight is 223 g/mol. The molecule has 0 bridgehead atoms. The summed E-state index contributed by atoms with van der Waals surface area (Å²) in [4.78, 5) is 13.3. The summed E-state index contributed by atoms with van der Waals surface area (Å²) >= 11 is 0. The Hall–Kier alpha value is -0.990. The van der Waals surface area contributed by atoms with E-state index in [2.05, 4.69) is 32.4 Å². The molecule has 1 heterocycles. The lowest BCUT2D eigenvalue weighted by atomic mass is 9.68. The smallest absolute Gasteiger partial charge is 0.306 e. The van der Waals surface area contributed by atoms with Gasteiger partial charge in [0.25, 0.3) is 0 Å². The lowest BCUT2D eigenvalue weighted by molar-refractivity contribution is -0.144. The van der Waals surface area contributed by atoms with Gasteiger partial charge in [0.15, 0.2) is 0 Å². The van der Waals surface area contributed by atoms with Gasteiger partial charge in [-0.3, -0.25) is 4.79 Å². The SMILES string of the molecule is C=C1N(C)C2CCC(C(=O)O)CC2C1(C)C. The van der Waals surface area contributed by atoms with Crippen LogP contribution in [0.2, 0.25) is 0 Å². The van der Waals surface area contributed by atoms with Gasteiger partial charge in [-0.1, -0.05) is 20.4 Å². The molecule has 2 fully saturated rings. The first kappa shape index (κ1) is 11.5. The van der Waals surface area contributed by atoms with Crippen LogP contribution >= 0.6 is 0 Å². The Morgan fingerprint density at radius 1 is 1.50 bits per heavy atom. The Morgan fingerprint density at radius 2 is 2.12 bits per heavy atom. The van der Waals surface area contributed by atoms with E-state index >= 15 is 0 Å². The topological polar surface area (TPSA) is 40.5 Å². The van der Waals surface area contributed by atoms with Crippen molar-refractivity contribution in [3.63, 3.8) is 0 Å². The van der Waals surface area contributed by atoms with E-state index in [-0.39, 0.29) is 11.3 Å². The van der Waals surface area contributed by atoms with E-state index in [1.807, 2.05) is 0 Å². The molecular formula is C13H21NO2. The molecule has 0 aromatic carbocycles. The fraction of sp³-hybridized carbons (Fsp3) is 0.769. The molecule has 1 aliphatic carbocycles. The van der Waals surface area contributed by atoms with Crippen molar-refractivity contribution in [2.24, 2.45) is 17.3 Å². The molecule has 2 aliphatic rings. The molecule has 90 valence electrons. The second-order valence-electron chi connectivity index (χ2n) is 5.80. The third-order valence-electron chi connectivity index (χ3n) is 4.76. The second-order valence-corrected chi connectivity index (χ2v) is 5.80. The highest BCUT2D eigenvalue weighted by molar-refractivity contribution is 5.70. The molecule has 1 aliphatic heterocycles. The Morgan fingerprint density at radius 3 is 2.69 bits per heavy atom. The van der Waals surface area contributed by atoms with E-state index in [1.165, 1.54) is 0 Å². The highest BCUT2D eigenvalue weighted by atomic mass is 16.4. The number of hydrogen-bond donors (Lipinski definition) is 1. The Bertz CT molecular complexity index is 335. The number of likely N-dealkylation sites (tertiary alicyclic amines) is 1. The Kier molecular flexibility index (Phi) is 2.52. The first-order valence-electron chi connectivity index (χ1n) is 6.00. The van der Waals surface area contributed by atoms with Crippen LogP contribution in [0.4, 0.5) is 0 Å². The fourth-order valence-corrected chi connectivity index (χ4v) is 3.49. The number of carbonyl (C=O) groups is 1. The minimum atomic E-state index is -0.630. The summed E-state index contributed by atoms with van der Waals surface area (Å²) in [5.41, 5.74) is 1.21. The molecule has 0 aromatic heterocycles. The second kappa shape index (κ2) is 3.51. The lowest BCUT2D eigenvalue weighted by Gasteiger charge is -2.36. The van der Waals surface area contributed by atoms with Crippen LogP contribution in [-0.2, 0) is 4.79 Å². The zero-order chi connectivity index (χ0) is 12.1. The molecule has 1 saturated heterocycles. The maximum Gasteiger partial charge on any atom is 0.306 e. The third kappa shape index (κ3) is 1.45. The zero-order valence-electron chi connectivity index (χ0n) is 10.4. The normalized spacial score (nSPS) is 37.3. The van der Waals surface area contributed by atoms with Crippen LogP contribution in [0.15, 0.2) is 12.3 Å². The predicted molar refractivity (Wildman–Crippen MR) is 62.9 cm³/mol. The van der Waals surface area contributed by atoms with Crippen LogP contribution in [0.3, 0.4) is 0 Å². The van der Waals surface area contributed by atoms with Crippen LogP contribution in [0.25, 0.3) is 0 Å². The predicted octanol–water partition coefficient (Wildman–Crippen LogP) is 2.34. The van der Waals surface area contributed by atoms with E-state index in [4.69, 9.17) is 5.11 Å². The maximum atomic E-state index is 11.1. The number of aliphatic carboxylic acids is 1. The molecule has 0 spiro atoms. The van der Waals surface area contributed by atoms with Crippen molar-refractivity contribution in [1.29, 1.82) is 0 Å². The summed E-state index contributed by atoms with van der Waals surface area (Å²) in [5.74, 6) is -0.339. The van der Waals surface area contributed by atoms with Crippen molar-refractivity contribution in [1.82, 2.24) is 4.90 Å². The van der Waals surface area contributed by atoms with Gasteiger partial charge in [0.2, 0.25) is 0 Å². The van der Waals surface area contributed by atoms with Gasteiger partial charge in [-0.15, -0.1) is 0 Å². The van der Waals surface area contributed by atoms with Crippen LogP contribution in [0.5, 0.6) is 0 Å². The van der Waals surface area contributed by atoms with Crippen molar-refractivity contribution in [3.05, 3.63) is 12.3 Å². The van der Waals surface area contributed by atoms with Crippen LogP contribution in [-0.4, -0.2) is 29.1 Å². The molecule has 1 saturated carbocycles. The van der Waals surface area contributed by atoms with Gasteiger partial charge in [0.05, 0.1) is 5.92 Å². The molecule has 2 rings (SSSR count). The Balaban J connectivity index is 2.24. The van der Waals surface area contributed by atoms with E-state index in [1.54, 1.807) is 0 Å². The largest absolute Gasteiger partial charge is 0.481 e. The lowest BCUT2D eigenvalue weighted by Crippen LogP contribution is -2.38. The standard InChI is InChI=1S/C13H21NO2/c1-8-13(2,3)10-7-9(12(15)16)5-6-11(10)14(8)4/h9-11H,1,5-7H2,2-4H3,(H,15,16). The molecule has 1 N–H and O–H groups in total. The van der Waals surface area contributed by atoms with Gasteiger partial charge < -0.3 is 10.0 Å². The average Bonchev–Trinajstić information content (AvgIpc) is 2.40. The summed E-state index contributed by atoms with van der Waals surface area (Å²) in [6.07, 6.45) is 2.60. The van der Waals surface area contributed by atoms with Gasteiger partial charge in [-0.05, 0) is 25.2 Å². The first-order chi connectivity index (χ1) is 7.35. The van der Waals surface area contributed by atoms with Crippen molar-refractivity contribution >= 4 is 5.97 Å². The molecular weight excluding hydrogens is 202 g/mol. The van der Waals surface area contributed by atoms with Gasteiger partial charge in [-0.25, -0.2) is 0 Å². The van der Waals surface area contributed by atoms with Crippen molar-refractivity contribution in [2.45, 2.75) is 39.2 Å². The van der Waals surface area contributed by atoms with E-state index in [0.717, 1.165) is 25.0 Å². The summed E-state index contributed by atoms with van der Waals surface area (Å²) in [7, 11) is 2.09. The van der Waals surface area contributed by atoms with Gasteiger partial charge in [0.1, 0.15) is 0 Å². The molecule has 0 radical (unpaired) electrons. The quantitative estimate of drug-likeness (QED) is 0.741. The van der Waals surface area contributed by atoms with E-state index < -0.39 is 5.97 Å². The minimum absolute atomic E-state index is 0.0491. The van der Waals surface area contributed by atoms with E-state index in [9.17, 15) is 4.79 Å².